The number of hydrogen-bond donors (Lipinski definition) is 1. The van der Waals surface area contributed by atoms with Crippen LogP contribution in [0.1, 0.15) is 30.2 Å². The van der Waals surface area contributed by atoms with E-state index in [4.69, 9.17) is 10.7 Å². The Kier molecular flexibility index (Phi) is 7.53. The topological polar surface area (TPSA) is 98.3 Å². The lowest BCUT2D eigenvalue weighted by Gasteiger charge is -2.22. The maximum absolute atomic E-state index is 13.5. The van der Waals surface area contributed by atoms with Crippen molar-refractivity contribution in [1.29, 1.82) is 0 Å². The van der Waals surface area contributed by atoms with E-state index in [2.05, 4.69) is 13.5 Å². The van der Waals surface area contributed by atoms with Gasteiger partial charge in [-0.25, -0.2) is 4.98 Å². The van der Waals surface area contributed by atoms with E-state index < -0.39 is 5.91 Å². The average Bonchev–Trinajstić information content (AvgIpc) is 3.17. The molecular formula is C25H28N4O3S2. The van der Waals surface area contributed by atoms with Gasteiger partial charge in [-0.05, 0) is 42.9 Å². The van der Waals surface area contributed by atoms with Crippen LogP contribution < -0.4 is 16.2 Å². The van der Waals surface area contributed by atoms with Gasteiger partial charge in [0.25, 0.3) is 5.56 Å². The quantitative estimate of drug-likeness (QED) is 0.276. The standard InChI is InChI=1S/C25H28N4O3S2/c1-3-12-29-24(32)22-18-10-9-16(2)14-19(18)34-23(22)27-25(29)33-15-21(31)28(13-11-20(26)30)17-7-5-4-6-8-17/h3-8,16H,1,9-15H2,2H3,(H2,26,30)/t16-/m0/s1. The van der Waals surface area contributed by atoms with Crippen molar-refractivity contribution in [3.63, 3.8) is 0 Å². The molecule has 178 valence electrons. The van der Waals surface area contributed by atoms with E-state index in [0.717, 1.165) is 35.0 Å². The second-order valence-electron chi connectivity index (χ2n) is 8.52. The fraction of sp³-hybridized carbons (Fsp3) is 0.360. The lowest BCUT2D eigenvalue weighted by Crippen LogP contribution is -2.35. The molecular weight excluding hydrogens is 468 g/mol. The molecule has 1 aliphatic carbocycles. The van der Waals surface area contributed by atoms with Gasteiger partial charge in [-0.3, -0.25) is 19.0 Å². The second-order valence-corrected chi connectivity index (χ2v) is 10.5. The minimum atomic E-state index is -0.468. The van der Waals surface area contributed by atoms with Gasteiger partial charge in [0, 0.05) is 30.1 Å². The molecule has 0 saturated heterocycles. The van der Waals surface area contributed by atoms with E-state index in [1.54, 1.807) is 26.9 Å². The summed E-state index contributed by atoms with van der Waals surface area (Å²) in [6.45, 7) is 6.55. The zero-order valence-corrected chi connectivity index (χ0v) is 20.8. The Labute approximate surface area is 206 Å². The van der Waals surface area contributed by atoms with E-state index in [-0.39, 0.29) is 30.2 Å². The van der Waals surface area contributed by atoms with Crippen LogP contribution in [0.3, 0.4) is 0 Å². The first-order valence-electron chi connectivity index (χ1n) is 11.3. The molecule has 0 aliphatic heterocycles. The molecule has 0 fully saturated rings. The molecule has 0 bridgehead atoms. The highest BCUT2D eigenvalue weighted by molar-refractivity contribution is 7.99. The highest BCUT2D eigenvalue weighted by atomic mass is 32.2. The first-order valence-corrected chi connectivity index (χ1v) is 13.1. The van der Waals surface area contributed by atoms with Gasteiger partial charge < -0.3 is 10.6 Å². The largest absolute Gasteiger partial charge is 0.370 e. The summed E-state index contributed by atoms with van der Waals surface area (Å²) >= 11 is 2.83. The molecule has 2 aromatic heterocycles. The molecule has 2 N–H and O–H groups in total. The fourth-order valence-corrected chi connectivity index (χ4v) is 6.55. The molecule has 34 heavy (non-hydrogen) atoms. The number of rotatable bonds is 9. The summed E-state index contributed by atoms with van der Waals surface area (Å²) < 4.78 is 1.61. The zero-order chi connectivity index (χ0) is 24.2. The van der Waals surface area contributed by atoms with Crippen molar-refractivity contribution < 1.29 is 9.59 Å². The number of aryl methyl sites for hydroxylation is 1. The number of anilines is 1. The molecule has 4 rings (SSSR count). The number of allylic oxidation sites excluding steroid dienone is 1. The number of para-hydroxylation sites is 1. The van der Waals surface area contributed by atoms with E-state index in [0.29, 0.717) is 23.3 Å². The maximum Gasteiger partial charge on any atom is 0.263 e. The molecule has 1 aliphatic rings. The summed E-state index contributed by atoms with van der Waals surface area (Å²) in [6.07, 6.45) is 4.69. The highest BCUT2D eigenvalue weighted by Crippen LogP contribution is 2.36. The molecule has 3 aromatic rings. The van der Waals surface area contributed by atoms with Crippen LogP contribution in [0.25, 0.3) is 10.2 Å². The van der Waals surface area contributed by atoms with Gasteiger partial charge >= 0.3 is 0 Å². The second kappa shape index (κ2) is 10.6. The van der Waals surface area contributed by atoms with Gasteiger partial charge in [-0.2, -0.15) is 0 Å². The first-order chi connectivity index (χ1) is 16.4. The molecule has 0 radical (unpaired) electrons. The van der Waals surface area contributed by atoms with Crippen LogP contribution in [-0.2, 0) is 29.0 Å². The van der Waals surface area contributed by atoms with Gasteiger partial charge in [-0.15, -0.1) is 17.9 Å². The normalized spacial score (nSPS) is 15.1. The van der Waals surface area contributed by atoms with Crippen LogP contribution in [0, 0.1) is 5.92 Å². The van der Waals surface area contributed by atoms with Crippen molar-refractivity contribution in [2.45, 2.75) is 44.3 Å². The highest BCUT2D eigenvalue weighted by Gasteiger charge is 2.25. The van der Waals surface area contributed by atoms with Crippen LogP contribution in [0.2, 0.25) is 0 Å². The number of nitrogens with zero attached hydrogens (tertiary/aromatic N) is 3. The number of primary amides is 1. The lowest BCUT2D eigenvalue weighted by molar-refractivity contribution is -0.118. The molecule has 9 heteroatoms. The van der Waals surface area contributed by atoms with E-state index in [1.807, 2.05) is 30.3 Å². The maximum atomic E-state index is 13.5. The van der Waals surface area contributed by atoms with Gasteiger partial charge in [0.1, 0.15) is 4.83 Å². The van der Waals surface area contributed by atoms with Crippen LogP contribution in [0.5, 0.6) is 0 Å². The Hall–Kier alpha value is -2.91. The average molecular weight is 497 g/mol. The smallest absolute Gasteiger partial charge is 0.263 e. The third-order valence-corrected chi connectivity index (χ3v) is 8.08. The molecule has 2 heterocycles. The van der Waals surface area contributed by atoms with Gasteiger partial charge in [-0.1, -0.05) is 43.0 Å². The number of benzene rings is 1. The molecule has 7 nitrogen and oxygen atoms in total. The molecule has 0 saturated carbocycles. The lowest BCUT2D eigenvalue weighted by atomic mass is 9.89. The van der Waals surface area contributed by atoms with Crippen LogP contribution >= 0.6 is 23.1 Å². The van der Waals surface area contributed by atoms with Crippen molar-refractivity contribution in [3.8, 4) is 0 Å². The Balaban J connectivity index is 1.63. The SMILES string of the molecule is C=CCn1c(SCC(=O)N(CCC(N)=O)c2ccccc2)nc2sc3c(c2c1=O)CC[C@H](C)C3. The van der Waals surface area contributed by atoms with Crippen molar-refractivity contribution in [1.82, 2.24) is 9.55 Å². The summed E-state index contributed by atoms with van der Waals surface area (Å²) in [7, 11) is 0. The summed E-state index contributed by atoms with van der Waals surface area (Å²) in [5.41, 5.74) is 7.09. The third-order valence-electron chi connectivity index (χ3n) is 5.97. The Morgan fingerprint density at radius 2 is 2.12 bits per heavy atom. The Morgan fingerprint density at radius 3 is 2.82 bits per heavy atom. The number of nitrogens with two attached hydrogens (primary N) is 1. The monoisotopic (exact) mass is 496 g/mol. The Morgan fingerprint density at radius 1 is 1.35 bits per heavy atom. The van der Waals surface area contributed by atoms with Crippen molar-refractivity contribution in [2.75, 3.05) is 17.2 Å². The number of carbonyl (C=O) groups is 2. The number of thiophene rings is 1. The summed E-state index contributed by atoms with van der Waals surface area (Å²) in [4.78, 5) is 46.3. The summed E-state index contributed by atoms with van der Waals surface area (Å²) in [5, 5.41) is 1.22. The number of hydrogen-bond acceptors (Lipinski definition) is 6. The molecule has 0 unspecified atom stereocenters. The number of amides is 2. The number of fused-ring (bicyclic) bond motifs is 3. The van der Waals surface area contributed by atoms with Gasteiger partial charge in [0.05, 0.1) is 11.1 Å². The summed E-state index contributed by atoms with van der Waals surface area (Å²) in [6, 6.07) is 9.17. The van der Waals surface area contributed by atoms with Gasteiger partial charge in [0.2, 0.25) is 11.8 Å². The minimum Gasteiger partial charge on any atom is -0.370 e. The molecule has 1 aromatic carbocycles. The molecule has 1 atom stereocenters. The van der Waals surface area contributed by atoms with E-state index in [9.17, 15) is 14.4 Å². The number of aromatic nitrogens is 2. The predicted molar refractivity (Wildman–Crippen MR) is 139 cm³/mol. The van der Waals surface area contributed by atoms with Crippen LogP contribution in [0.4, 0.5) is 5.69 Å². The van der Waals surface area contributed by atoms with Crippen molar-refractivity contribution in [3.05, 3.63) is 63.8 Å². The molecule has 2 amide bonds. The number of carbonyl (C=O) groups excluding carboxylic acids is 2. The van der Waals surface area contributed by atoms with Crippen molar-refractivity contribution in [2.24, 2.45) is 11.7 Å². The summed E-state index contributed by atoms with van der Waals surface area (Å²) in [5.74, 6) is 0.0255. The minimum absolute atomic E-state index is 0.0653. The third kappa shape index (κ3) is 5.10. The fourth-order valence-electron chi connectivity index (χ4n) is 4.24. The van der Waals surface area contributed by atoms with Crippen LogP contribution in [-0.4, -0.2) is 33.7 Å². The van der Waals surface area contributed by atoms with Crippen LogP contribution in [0.15, 0.2) is 52.9 Å². The predicted octanol–water partition coefficient (Wildman–Crippen LogP) is 3.77. The van der Waals surface area contributed by atoms with E-state index in [1.165, 1.54) is 16.6 Å². The molecule has 0 spiro atoms. The van der Waals surface area contributed by atoms with Crippen molar-refractivity contribution >= 4 is 50.8 Å². The Bertz CT molecular complexity index is 1280. The zero-order valence-electron chi connectivity index (χ0n) is 19.2. The van der Waals surface area contributed by atoms with Gasteiger partial charge in [0.15, 0.2) is 5.16 Å². The first kappa shape index (κ1) is 24.2. The number of thioether (sulfide) groups is 1. The van der Waals surface area contributed by atoms with E-state index >= 15 is 0 Å².